The molecular formula is C51H84N6O. The van der Waals surface area contributed by atoms with Crippen LogP contribution in [0.1, 0.15) is 118 Å². The maximum absolute atomic E-state index is 4.59. The summed E-state index contributed by atoms with van der Waals surface area (Å²) in [6.45, 7) is 25.9. The maximum Gasteiger partial charge on any atom is 0.126 e. The van der Waals surface area contributed by atoms with Crippen molar-refractivity contribution in [2.75, 3.05) is 0 Å². The highest BCUT2D eigenvalue weighted by Gasteiger charge is 2.17. The Morgan fingerprint density at radius 3 is 1.02 bits per heavy atom. The molecule has 324 valence electrons. The Balaban J connectivity index is 0.000000332. The highest BCUT2D eigenvalue weighted by Crippen LogP contribution is 2.30. The summed E-state index contributed by atoms with van der Waals surface area (Å²) in [5.41, 5.74) is 10.1. The molecule has 2 aliphatic carbocycles. The molecule has 0 aliphatic heterocycles. The Labute approximate surface area is 355 Å². The SMILES string of the molecule is C[C@H]1CCCC[C@@H]1C.C[C@H]1CCC[C@@H]1C.Cc1cccn1C.Cc1cccn1C.Cc1ccn(C)c1.Cc1ccn(C)c1.Cc1ccn(C)c1C.Cc1conc1C. The standard InChI is InChI=1S/C8H16.C7H11N.C7H14.4C6H9N.C5H7NO/c1-7-5-3-4-6-8(7)2;1-6-4-5-8(3)7(6)2;1-6-4-3-5-7(6)2;2*1-6-3-4-7(2)5-6;2*1-6-4-3-5-7(6)2;1-4-3-7-6-5(4)2/h7-8H,3-6H2,1-2H3;4-5H,1-3H3;6-7H,3-5H2,1-2H3;4*3-5H,1-2H3;3H,1-2H3/t7-,8-;;6-,7-;;;;;/m0.0...../s1. The van der Waals surface area contributed by atoms with Gasteiger partial charge in [0, 0.05) is 101 Å². The van der Waals surface area contributed by atoms with Crippen LogP contribution in [0.5, 0.6) is 0 Å². The van der Waals surface area contributed by atoms with Crippen LogP contribution in [0.15, 0.2) is 96.6 Å². The van der Waals surface area contributed by atoms with Gasteiger partial charge in [0.25, 0.3) is 0 Å². The number of nitrogens with zero attached hydrogens (tertiary/aromatic N) is 6. The number of rotatable bonds is 0. The lowest BCUT2D eigenvalue weighted by Crippen LogP contribution is -2.12. The van der Waals surface area contributed by atoms with E-state index in [9.17, 15) is 0 Å². The van der Waals surface area contributed by atoms with Gasteiger partial charge in [-0.1, -0.05) is 77.8 Å². The van der Waals surface area contributed by atoms with Crippen molar-refractivity contribution in [1.29, 1.82) is 0 Å². The molecule has 0 saturated heterocycles. The molecule has 6 aromatic heterocycles. The molecule has 0 aromatic carbocycles. The van der Waals surface area contributed by atoms with Gasteiger partial charge in [0.1, 0.15) is 6.26 Å². The van der Waals surface area contributed by atoms with Crippen LogP contribution in [0.3, 0.4) is 0 Å². The van der Waals surface area contributed by atoms with E-state index < -0.39 is 0 Å². The van der Waals surface area contributed by atoms with E-state index in [0.29, 0.717) is 0 Å². The van der Waals surface area contributed by atoms with E-state index in [1.807, 2.05) is 88.1 Å². The van der Waals surface area contributed by atoms with Gasteiger partial charge in [-0.05, 0) is 138 Å². The molecule has 0 spiro atoms. The largest absolute Gasteiger partial charge is 0.364 e. The lowest BCUT2D eigenvalue weighted by molar-refractivity contribution is 0.277. The second-order valence-electron chi connectivity index (χ2n) is 17.1. The average molecular weight is 797 g/mol. The van der Waals surface area contributed by atoms with Gasteiger partial charge < -0.3 is 27.4 Å². The van der Waals surface area contributed by atoms with E-state index in [2.05, 4.69) is 149 Å². The van der Waals surface area contributed by atoms with Crippen LogP contribution >= 0.6 is 0 Å². The first kappa shape index (κ1) is 51.6. The van der Waals surface area contributed by atoms with Crippen molar-refractivity contribution < 1.29 is 4.52 Å². The van der Waals surface area contributed by atoms with E-state index in [-0.39, 0.29) is 0 Å². The fourth-order valence-corrected chi connectivity index (χ4v) is 6.29. The fourth-order valence-electron chi connectivity index (χ4n) is 6.29. The van der Waals surface area contributed by atoms with Gasteiger partial charge in [-0.15, -0.1) is 0 Å². The van der Waals surface area contributed by atoms with Crippen LogP contribution in [-0.2, 0) is 35.2 Å². The molecule has 2 saturated carbocycles. The summed E-state index contributed by atoms with van der Waals surface area (Å²) >= 11 is 0. The molecule has 0 radical (unpaired) electrons. The molecule has 7 nitrogen and oxygen atoms in total. The summed E-state index contributed by atoms with van der Waals surface area (Å²) in [5, 5.41) is 3.64. The minimum absolute atomic E-state index is 0.972. The first-order chi connectivity index (χ1) is 27.3. The molecule has 0 N–H and O–H groups in total. The Hall–Kier alpha value is -4.39. The second-order valence-corrected chi connectivity index (χ2v) is 17.1. The molecule has 7 heteroatoms. The fraction of sp³-hybridized carbons (Fsp3) is 0.549. The first-order valence-electron chi connectivity index (χ1n) is 21.6. The quantitative estimate of drug-likeness (QED) is 0.154. The first-order valence-corrected chi connectivity index (χ1v) is 21.6. The zero-order chi connectivity index (χ0) is 43.8. The van der Waals surface area contributed by atoms with Crippen LogP contribution < -0.4 is 0 Å². The van der Waals surface area contributed by atoms with Gasteiger partial charge in [0.15, 0.2) is 0 Å². The van der Waals surface area contributed by atoms with E-state index in [0.717, 1.165) is 34.9 Å². The predicted molar refractivity (Wildman–Crippen MR) is 250 cm³/mol. The molecule has 0 amide bonds. The van der Waals surface area contributed by atoms with Gasteiger partial charge in [0.05, 0.1) is 5.69 Å². The normalized spacial score (nSPS) is 17.6. The van der Waals surface area contributed by atoms with E-state index in [4.69, 9.17) is 0 Å². The van der Waals surface area contributed by atoms with Crippen molar-refractivity contribution in [1.82, 2.24) is 28.0 Å². The molecule has 4 atom stereocenters. The van der Waals surface area contributed by atoms with Gasteiger partial charge in [-0.2, -0.15) is 0 Å². The molecule has 0 bridgehead atoms. The van der Waals surface area contributed by atoms with E-state index >= 15 is 0 Å². The third-order valence-corrected chi connectivity index (χ3v) is 11.8. The van der Waals surface area contributed by atoms with Crippen molar-refractivity contribution >= 4 is 0 Å². The van der Waals surface area contributed by atoms with Crippen molar-refractivity contribution in [3.8, 4) is 0 Å². The molecule has 8 rings (SSSR count). The summed E-state index contributed by atoms with van der Waals surface area (Å²) in [6, 6.07) is 14.5. The highest BCUT2D eigenvalue weighted by atomic mass is 16.5. The molecule has 6 heterocycles. The summed E-state index contributed by atoms with van der Waals surface area (Å²) < 4.78 is 15.0. The minimum atomic E-state index is 0.972. The molecule has 2 fully saturated rings. The van der Waals surface area contributed by atoms with Gasteiger partial charge in [-0.3, -0.25) is 0 Å². The Morgan fingerprint density at radius 1 is 0.483 bits per heavy atom. The molecule has 58 heavy (non-hydrogen) atoms. The average Bonchev–Trinajstić information content (AvgIpc) is 4.09. The molecule has 0 unspecified atom stereocenters. The Bertz CT molecular complexity index is 1640. The summed E-state index contributed by atoms with van der Waals surface area (Å²) in [7, 11) is 10.2. The number of hydrogen-bond donors (Lipinski definition) is 0. The number of hydrogen-bond acceptors (Lipinski definition) is 2. The smallest absolute Gasteiger partial charge is 0.126 e. The zero-order valence-electron chi connectivity index (χ0n) is 40.0. The van der Waals surface area contributed by atoms with E-state index in [1.165, 1.54) is 78.7 Å². The predicted octanol–water partition coefficient (Wildman–Crippen LogP) is 13.5. The van der Waals surface area contributed by atoms with Crippen molar-refractivity contribution in [3.63, 3.8) is 0 Å². The van der Waals surface area contributed by atoms with Crippen LogP contribution in [0.25, 0.3) is 0 Å². The lowest BCUT2D eigenvalue weighted by Gasteiger charge is -2.24. The topological polar surface area (TPSA) is 50.7 Å². The summed E-state index contributed by atoms with van der Waals surface area (Å²) in [6.07, 6.45) is 26.3. The monoisotopic (exact) mass is 797 g/mol. The van der Waals surface area contributed by atoms with Gasteiger partial charge >= 0.3 is 0 Å². The minimum Gasteiger partial charge on any atom is -0.364 e. The number of aromatic nitrogens is 6. The van der Waals surface area contributed by atoms with Crippen molar-refractivity contribution in [3.05, 3.63) is 137 Å². The highest BCUT2D eigenvalue weighted by molar-refractivity contribution is 5.18. The van der Waals surface area contributed by atoms with Crippen LogP contribution in [-0.4, -0.2) is 28.0 Å². The summed E-state index contributed by atoms with van der Waals surface area (Å²) in [4.78, 5) is 0. The van der Waals surface area contributed by atoms with Crippen molar-refractivity contribution in [2.24, 2.45) is 58.9 Å². The second kappa shape index (κ2) is 28.1. The Morgan fingerprint density at radius 2 is 0.897 bits per heavy atom. The van der Waals surface area contributed by atoms with Crippen LogP contribution in [0.2, 0.25) is 0 Å². The third kappa shape index (κ3) is 21.9. The van der Waals surface area contributed by atoms with E-state index in [1.54, 1.807) is 6.26 Å². The molecule has 6 aromatic rings. The Kier molecular flexibility index (Phi) is 25.0. The van der Waals surface area contributed by atoms with Crippen LogP contribution in [0, 0.1) is 79.1 Å². The molecule has 2 aliphatic rings. The summed E-state index contributed by atoms with van der Waals surface area (Å²) in [5.74, 6) is 4.03. The lowest BCUT2D eigenvalue weighted by atomic mass is 9.82. The molecular weight excluding hydrogens is 713 g/mol. The maximum atomic E-state index is 4.59. The van der Waals surface area contributed by atoms with Crippen molar-refractivity contribution in [2.45, 2.75) is 128 Å². The number of aryl methyl sites for hydroxylation is 12. The van der Waals surface area contributed by atoms with Crippen LogP contribution in [0.4, 0.5) is 0 Å². The third-order valence-electron chi connectivity index (χ3n) is 11.8. The zero-order valence-corrected chi connectivity index (χ0v) is 40.0. The van der Waals surface area contributed by atoms with Gasteiger partial charge in [0.2, 0.25) is 0 Å². The van der Waals surface area contributed by atoms with Gasteiger partial charge in [-0.25, -0.2) is 0 Å².